The molecule has 3 rings (SSSR count). The number of carbonyl (C=O) groups excluding carboxylic acids is 3. The third-order valence-corrected chi connectivity index (χ3v) is 14.3. The molecule has 2 aromatic carbocycles. The molecule has 6 atom stereocenters. The highest BCUT2D eigenvalue weighted by Gasteiger charge is 2.48. The number of hydrogen-bond donors (Lipinski definition) is 2. The Morgan fingerprint density at radius 3 is 2.02 bits per heavy atom. The van der Waals surface area contributed by atoms with Gasteiger partial charge in [-0.05, 0) is 88.6 Å². The summed E-state index contributed by atoms with van der Waals surface area (Å²) in [4.78, 5) is 42.2. The fourth-order valence-corrected chi connectivity index (χ4v) is 7.36. The fraction of sp³-hybridized carbons (Fsp3) is 0.615. The normalized spacial score (nSPS) is 20.9. The van der Waals surface area contributed by atoms with Gasteiger partial charge in [0.05, 0.1) is 18.6 Å². The third kappa shape index (κ3) is 12.0. The zero-order valence-corrected chi connectivity index (χ0v) is 32.7. The van der Waals surface area contributed by atoms with Gasteiger partial charge in [0.25, 0.3) is 0 Å². The van der Waals surface area contributed by atoms with Crippen LogP contribution in [0.25, 0.3) is 0 Å². The average Bonchev–Trinajstić information content (AvgIpc) is 3.12. The van der Waals surface area contributed by atoms with Crippen molar-refractivity contribution in [2.75, 3.05) is 13.2 Å². The summed E-state index contributed by atoms with van der Waals surface area (Å²) in [6.07, 6.45) is -0.421. The number of benzene rings is 2. The Hall–Kier alpha value is -3.21. The van der Waals surface area contributed by atoms with E-state index in [-0.39, 0.29) is 28.9 Å². The van der Waals surface area contributed by atoms with Crippen LogP contribution in [0.5, 0.6) is 0 Å². The number of likely N-dealkylation sites (tertiary alicyclic amines) is 1. The summed E-state index contributed by atoms with van der Waals surface area (Å²) in [6.45, 7) is 23.6. The zero-order chi connectivity index (χ0) is 36.6. The Morgan fingerprint density at radius 2 is 1.47 bits per heavy atom. The molecule has 0 spiro atoms. The highest BCUT2D eigenvalue weighted by Crippen LogP contribution is 2.42. The minimum absolute atomic E-state index is 0.0308. The third-order valence-electron chi connectivity index (χ3n) is 9.83. The summed E-state index contributed by atoms with van der Waals surface area (Å²) < 4.78 is 18.9. The first-order valence-electron chi connectivity index (χ1n) is 17.7. The van der Waals surface area contributed by atoms with E-state index in [1.807, 2.05) is 43.3 Å². The topological polar surface area (TPSA) is 106 Å². The van der Waals surface area contributed by atoms with Gasteiger partial charge < -0.3 is 29.4 Å². The molecule has 272 valence electrons. The van der Waals surface area contributed by atoms with Gasteiger partial charge in [-0.15, -0.1) is 0 Å². The molecule has 9 nitrogen and oxygen atoms in total. The number of alkyl carbamates (subject to hydrolysis) is 1. The van der Waals surface area contributed by atoms with Gasteiger partial charge >= 0.3 is 6.09 Å². The molecule has 1 heterocycles. The van der Waals surface area contributed by atoms with E-state index in [9.17, 15) is 14.4 Å². The van der Waals surface area contributed by atoms with E-state index in [0.29, 0.717) is 32.6 Å². The maximum atomic E-state index is 14.8. The van der Waals surface area contributed by atoms with E-state index < -0.39 is 44.0 Å². The van der Waals surface area contributed by atoms with E-state index in [1.54, 1.807) is 32.6 Å². The first kappa shape index (κ1) is 40.2. The second-order valence-electron chi connectivity index (χ2n) is 16.2. The maximum absolute atomic E-state index is 14.8. The largest absolute Gasteiger partial charge is 0.444 e. The summed E-state index contributed by atoms with van der Waals surface area (Å²) in [5, 5.41) is 5.53. The molecule has 10 heteroatoms. The van der Waals surface area contributed by atoms with Crippen LogP contribution in [0, 0.1) is 17.8 Å². The van der Waals surface area contributed by atoms with Crippen LogP contribution in [0.3, 0.4) is 0 Å². The van der Waals surface area contributed by atoms with Crippen LogP contribution >= 0.6 is 0 Å². The number of amides is 3. The maximum Gasteiger partial charge on any atom is 0.408 e. The van der Waals surface area contributed by atoms with Crippen molar-refractivity contribution in [3.8, 4) is 0 Å². The van der Waals surface area contributed by atoms with Crippen molar-refractivity contribution in [2.45, 2.75) is 124 Å². The molecule has 2 N–H and O–H groups in total. The van der Waals surface area contributed by atoms with Gasteiger partial charge in [-0.3, -0.25) is 9.59 Å². The van der Waals surface area contributed by atoms with E-state index in [4.69, 9.17) is 13.9 Å². The Balaban J connectivity index is 1.93. The lowest BCUT2D eigenvalue weighted by atomic mass is 9.79. The van der Waals surface area contributed by atoms with Crippen LogP contribution in [0.15, 0.2) is 60.7 Å². The van der Waals surface area contributed by atoms with Crippen LogP contribution in [0.1, 0.15) is 79.9 Å². The van der Waals surface area contributed by atoms with Crippen molar-refractivity contribution < 1.29 is 28.3 Å². The second kappa shape index (κ2) is 17.1. The molecular formula is C39H61N3O6Si. The Bertz CT molecular complexity index is 1360. The number of hydrogen-bond acceptors (Lipinski definition) is 6. The molecule has 0 aromatic heterocycles. The van der Waals surface area contributed by atoms with Crippen molar-refractivity contribution >= 4 is 26.2 Å². The molecule has 3 unspecified atom stereocenters. The summed E-state index contributed by atoms with van der Waals surface area (Å²) in [6, 6.07) is 19.4. The van der Waals surface area contributed by atoms with Crippen LogP contribution in [-0.4, -0.2) is 68.2 Å². The fourth-order valence-electron chi connectivity index (χ4n) is 5.98. The van der Waals surface area contributed by atoms with Gasteiger partial charge in [0.15, 0.2) is 8.32 Å². The molecule has 0 radical (unpaired) electrons. The van der Waals surface area contributed by atoms with Gasteiger partial charge in [-0.2, -0.15) is 0 Å². The van der Waals surface area contributed by atoms with E-state index in [1.165, 1.54) is 0 Å². The molecular weight excluding hydrogens is 635 g/mol. The van der Waals surface area contributed by atoms with Gasteiger partial charge in [-0.1, -0.05) is 88.4 Å². The lowest BCUT2D eigenvalue weighted by molar-refractivity contribution is -0.141. The summed E-state index contributed by atoms with van der Waals surface area (Å²) >= 11 is 0. The van der Waals surface area contributed by atoms with Gasteiger partial charge in [0, 0.05) is 13.2 Å². The molecule has 1 aliphatic heterocycles. The first-order valence-corrected chi connectivity index (χ1v) is 20.6. The highest BCUT2D eigenvalue weighted by molar-refractivity contribution is 6.74. The predicted octanol–water partition coefficient (Wildman–Crippen LogP) is 7.31. The summed E-state index contributed by atoms with van der Waals surface area (Å²) in [5.74, 6) is -0.788. The molecule has 1 aliphatic rings. The van der Waals surface area contributed by atoms with E-state index in [0.717, 1.165) is 11.1 Å². The Morgan fingerprint density at radius 1 is 0.898 bits per heavy atom. The van der Waals surface area contributed by atoms with Crippen molar-refractivity contribution in [1.82, 2.24) is 15.5 Å². The summed E-state index contributed by atoms with van der Waals surface area (Å²) in [5.41, 5.74) is 1.49. The zero-order valence-electron chi connectivity index (χ0n) is 31.7. The van der Waals surface area contributed by atoms with E-state index >= 15 is 0 Å². The molecule has 0 aliphatic carbocycles. The molecule has 0 saturated carbocycles. The minimum atomic E-state index is -2.33. The van der Waals surface area contributed by atoms with Crippen molar-refractivity contribution in [3.05, 3.63) is 71.8 Å². The monoisotopic (exact) mass is 695 g/mol. The number of nitrogens with one attached hydrogen (secondary N) is 2. The lowest BCUT2D eigenvalue weighted by Gasteiger charge is -2.44. The molecule has 2 aromatic rings. The van der Waals surface area contributed by atoms with Gasteiger partial charge in [0.2, 0.25) is 11.8 Å². The van der Waals surface area contributed by atoms with Crippen LogP contribution in [-0.2, 0) is 36.5 Å². The van der Waals surface area contributed by atoms with E-state index in [2.05, 4.69) is 75.7 Å². The molecule has 49 heavy (non-hydrogen) atoms. The number of nitrogens with zero attached hydrogens (tertiary/aromatic N) is 1. The molecule has 3 amide bonds. The SMILES string of the molecule is C[C@H](NC(=O)OC(C)(C)C)C(=O)N[C@@H](C)N1CCC([C@@H](C)COCc2ccccc2)C(O[Si](C)(C)C(C)(C)C)C(Cc2ccccc2)C1=O. The molecule has 1 saturated heterocycles. The van der Waals surface area contributed by atoms with Crippen LogP contribution in [0.4, 0.5) is 4.79 Å². The standard InChI is InChI=1S/C39H61N3O6Si/c1-27(25-46-26-31-20-16-13-17-21-31)32-22-23-42(29(3)41-35(43)28(2)40-37(45)47-38(4,5)6)36(44)33(24-30-18-14-12-15-19-30)34(32)48-49(10,11)39(7,8)9/h12-21,27-29,32-34H,22-26H2,1-11H3,(H,40,45)(H,41,43)/t27-,28-,29+,32?,33?,34?/m0/s1. The second-order valence-corrected chi connectivity index (χ2v) is 20.9. The van der Waals surface area contributed by atoms with Crippen molar-refractivity contribution in [3.63, 3.8) is 0 Å². The smallest absolute Gasteiger partial charge is 0.408 e. The highest BCUT2D eigenvalue weighted by atomic mass is 28.4. The lowest BCUT2D eigenvalue weighted by Crippen LogP contribution is -2.56. The Kier molecular flexibility index (Phi) is 14.1. The molecule has 1 fully saturated rings. The quantitative estimate of drug-likeness (QED) is 0.213. The predicted molar refractivity (Wildman–Crippen MR) is 197 cm³/mol. The van der Waals surface area contributed by atoms with Crippen molar-refractivity contribution in [2.24, 2.45) is 17.8 Å². The average molecular weight is 696 g/mol. The summed E-state index contributed by atoms with van der Waals surface area (Å²) in [7, 11) is -2.33. The number of ether oxygens (including phenoxy) is 2. The van der Waals surface area contributed by atoms with Crippen LogP contribution < -0.4 is 10.6 Å². The first-order chi connectivity index (χ1) is 22.8. The minimum Gasteiger partial charge on any atom is -0.444 e. The Labute approximate surface area is 296 Å². The van der Waals surface area contributed by atoms with Gasteiger partial charge in [-0.25, -0.2) is 4.79 Å². The van der Waals surface area contributed by atoms with Crippen LogP contribution in [0.2, 0.25) is 18.1 Å². The van der Waals surface area contributed by atoms with Crippen molar-refractivity contribution in [1.29, 1.82) is 0 Å². The number of rotatable bonds is 13. The van der Waals surface area contributed by atoms with Gasteiger partial charge in [0.1, 0.15) is 17.8 Å². The number of carbonyl (C=O) groups is 3. The molecule has 0 bridgehead atoms.